The number of nitro groups is 1. The summed E-state index contributed by atoms with van der Waals surface area (Å²) in [4.78, 5) is 27.0. The van der Waals surface area contributed by atoms with Gasteiger partial charge in [-0.15, -0.1) is 0 Å². The van der Waals surface area contributed by atoms with Crippen molar-refractivity contribution in [3.05, 3.63) is 71.0 Å². The van der Waals surface area contributed by atoms with Gasteiger partial charge in [-0.05, 0) is 18.2 Å². The molecule has 0 fully saturated rings. The molecule has 0 atom stereocenters. The number of aromatic nitrogens is 1. The van der Waals surface area contributed by atoms with E-state index in [1.54, 1.807) is 24.4 Å². The van der Waals surface area contributed by atoms with E-state index in [1.807, 2.05) is 0 Å². The molecule has 0 saturated carbocycles. The normalized spacial score (nSPS) is 11.5. The average molecular weight is 444 g/mol. The number of methoxy groups -OCH3 is 1. The van der Waals surface area contributed by atoms with Crippen molar-refractivity contribution in [3.8, 4) is 0 Å². The quantitative estimate of drug-likeness (QED) is 0.396. The van der Waals surface area contributed by atoms with Crippen LogP contribution in [-0.2, 0) is 19.6 Å². The van der Waals surface area contributed by atoms with Gasteiger partial charge in [-0.25, -0.2) is 8.42 Å². The highest BCUT2D eigenvalue weighted by atomic mass is 32.2. The second-order valence-electron chi connectivity index (χ2n) is 6.54. The highest BCUT2D eigenvalue weighted by molar-refractivity contribution is 7.89. The van der Waals surface area contributed by atoms with E-state index < -0.39 is 27.4 Å². The number of hydrogen-bond donors (Lipinski definition) is 1. The minimum atomic E-state index is -4.05. The molecule has 0 aliphatic rings. The van der Waals surface area contributed by atoms with Crippen molar-refractivity contribution < 1.29 is 22.9 Å². The van der Waals surface area contributed by atoms with Gasteiger partial charge in [0.15, 0.2) is 0 Å². The Kier molecular flexibility index (Phi) is 6.90. The molecule has 11 heteroatoms. The van der Waals surface area contributed by atoms with Crippen LogP contribution in [0.5, 0.6) is 0 Å². The fraction of sp³-hybridized carbons (Fsp3) is 0.200. The van der Waals surface area contributed by atoms with Crippen molar-refractivity contribution in [3.63, 3.8) is 0 Å². The minimum Gasteiger partial charge on any atom is -0.383 e. The molecule has 2 aromatic carbocycles. The molecule has 162 valence electrons. The van der Waals surface area contributed by atoms with Crippen LogP contribution < -0.4 is 5.32 Å². The molecule has 1 N–H and O–H groups in total. The number of carbonyl (C=O) groups excluding carboxylic acids is 1. The maximum atomic E-state index is 13.4. The van der Waals surface area contributed by atoms with E-state index in [1.165, 1.54) is 43.6 Å². The second kappa shape index (κ2) is 9.60. The Labute approximate surface area is 178 Å². The summed E-state index contributed by atoms with van der Waals surface area (Å²) in [7, 11) is -2.62. The molecule has 1 aromatic heterocycles. The van der Waals surface area contributed by atoms with Gasteiger partial charge in [0.1, 0.15) is 0 Å². The molecular formula is C20H20N4O6S. The lowest BCUT2D eigenvalue weighted by Gasteiger charge is -2.22. The predicted octanol–water partition coefficient (Wildman–Crippen LogP) is 2.42. The molecule has 0 unspecified atom stereocenters. The maximum Gasteiger partial charge on any atom is 0.271 e. The number of sulfonamides is 1. The average Bonchev–Trinajstić information content (AvgIpc) is 2.76. The Morgan fingerprint density at radius 1 is 1.23 bits per heavy atom. The summed E-state index contributed by atoms with van der Waals surface area (Å²) in [5, 5.41) is 14.6. The zero-order valence-corrected chi connectivity index (χ0v) is 17.4. The second-order valence-corrected chi connectivity index (χ2v) is 8.45. The van der Waals surface area contributed by atoms with Crippen molar-refractivity contribution in [2.75, 3.05) is 32.1 Å². The largest absolute Gasteiger partial charge is 0.383 e. The third kappa shape index (κ3) is 5.20. The van der Waals surface area contributed by atoms with E-state index in [0.717, 1.165) is 4.31 Å². The van der Waals surface area contributed by atoms with E-state index >= 15 is 0 Å². The third-order valence-electron chi connectivity index (χ3n) is 4.46. The van der Waals surface area contributed by atoms with Crippen LogP contribution in [0.2, 0.25) is 0 Å². The number of hydrogen-bond acceptors (Lipinski definition) is 7. The number of fused-ring (bicyclic) bond motifs is 1. The number of ether oxygens (including phenoxy) is 1. The summed E-state index contributed by atoms with van der Waals surface area (Å²) < 4.78 is 32.8. The lowest BCUT2D eigenvalue weighted by atomic mass is 10.2. The fourth-order valence-corrected chi connectivity index (χ4v) is 4.59. The number of nitrogens with one attached hydrogen (secondary N) is 1. The molecule has 0 spiro atoms. The number of pyridine rings is 1. The van der Waals surface area contributed by atoms with Gasteiger partial charge >= 0.3 is 0 Å². The summed E-state index contributed by atoms with van der Waals surface area (Å²) in [6.45, 7) is -0.464. The minimum absolute atomic E-state index is 0.0478. The third-order valence-corrected chi connectivity index (χ3v) is 6.37. The lowest BCUT2D eigenvalue weighted by molar-refractivity contribution is -0.384. The number of nitrogens with zero attached hydrogens (tertiary/aromatic N) is 3. The monoisotopic (exact) mass is 444 g/mol. The summed E-state index contributed by atoms with van der Waals surface area (Å²) in [6, 6.07) is 11.8. The number of benzene rings is 2. The first kappa shape index (κ1) is 22.3. The van der Waals surface area contributed by atoms with Crippen LogP contribution in [0, 0.1) is 10.1 Å². The van der Waals surface area contributed by atoms with Gasteiger partial charge < -0.3 is 10.1 Å². The molecule has 1 heterocycles. The molecule has 1 amide bonds. The highest BCUT2D eigenvalue weighted by Crippen LogP contribution is 2.25. The van der Waals surface area contributed by atoms with Gasteiger partial charge in [0.05, 0.1) is 23.0 Å². The summed E-state index contributed by atoms with van der Waals surface area (Å²) in [5.74, 6) is -0.637. The number of anilines is 1. The van der Waals surface area contributed by atoms with Crippen LogP contribution in [0.1, 0.15) is 0 Å². The van der Waals surface area contributed by atoms with Crippen molar-refractivity contribution >= 4 is 38.1 Å². The molecule has 10 nitrogen and oxygen atoms in total. The Bertz CT molecular complexity index is 1210. The van der Waals surface area contributed by atoms with Gasteiger partial charge in [-0.3, -0.25) is 19.9 Å². The van der Waals surface area contributed by atoms with E-state index in [-0.39, 0.29) is 29.4 Å². The van der Waals surface area contributed by atoms with Crippen LogP contribution >= 0.6 is 0 Å². The molecule has 3 rings (SSSR count). The number of amides is 1. The summed E-state index contributed by atoms with van der Waals surface area (Å²) in [5.41, 5.74) is 0.00514. The first-order valence-electron chi connectivity index (χ1n) is 9.19. The topological polar surface area (TPSA) is 132 Å². The Balaban J connectivity index is 1.88. The van der Waals surface area contributed by atoms with Gasteiger partial charge in [-0.1, -0.05) is 18.2 Å². The lowest BCUT2D eigenvalue weighted by Crippen LogP contribution is -2.40. The SMILES string of the molecule is COCCN(CC(=O)Nc1cccc([N+](=O)[O-])c1)S(=O)(=O)c1cccc2cnccc12. The van der Waals surface area contributed by atoms with E-state index in [9.17, 15) is 23.3 Å². The molecule has 0 radical (unpaired) electrons. The zero-order chi connectivity index (χ0) is 22.4. The van der Waals surface area contributed by atoms with Gasteiger partial charge in [0.25, 0.3) is 5.69 Å². The first-order chi connectivity index (χ1) is 14.8. The standard InChI is InChI=1S/C20H20N4O6S/c1-30-11-10-23(14-20(25)22-16-5-3-6-17(12-16)24(26)27)31(28,29)19-7-2-4-15-13-21-9-8-18(15)19/h2-9,12-13H,10-11,14H2,1H3,(H,22,25). The Morgan fingerprint density at radius 3 is 2.74 bits per heavy atom. The van der Waals surface area contributed by atoms with Crippen LogP contribution in [0.3, 0.4) is 0 Å². The molecule has 0 aliphatic carbocycles. The van der Waals surface area contributed by atoms with Gasteiger partial charge in [-0.2, -0.15) is 4.31 Å². The van der Waals surface area contributed by atoms with Crippen LogP contribution in [0.15, 0.2) is 65.8 Å². The van der Waals surface area contributed by atoms with Gasteiger partial charge in [0, 0.05) is 54.6 Å². The fourth-order valence-electron chi connectivity index (χ4n) is 2.99. The van der Waals surface area contributed by atoms with E-state index in [4.69, 9.17) is 4.74 Å². The van der Waals surface area contributed by atoms with E-state index in [2.05, 4.69) is 10.3 Å². The first-order valence-corrected chi connectivity index (χ1v) is 10.6. The summed E-state index contributed by atoms with van der Waals surface area (Å²) >= 11 is 0. The van der Waals surface area contributed by atoms with Crippen LogP contribution in [0.25, 0.3) is 10.8 Å². The van der Waals surface area contributed by atoms with Crippen LogP contribution in [-0.4, -0.2) is 55.3 Å². The maximum absolute atomic E-state index is 13.4. The molecule has 0 saturated heterocycles. The zero-order valence-electron chi connectivity index (χ0n) is 16.6. The number of nitro benzene ring substituents is 1. The van der Waals surface area contributed by atoms with Crippen molar-refractivity contribution in [2.45, 2.75) is 4.90 Å². The number of carbonyl (C=O) groups is 1. The molecule has 0 aliphatic heterocycles. The molecule has 3 aromatic rings. The highest BCUT2D eigenvalue weighted by Gasteiger charge is 2.28. The molecular weight excluding hydrogens is 424 g/mol. The Morgan fingerprint density at radius 2 is 2.00 bits per heavy atom. The molecule has 31 heavy (non-hydrogen) atoms. The number of rotatable bonds is 9. The van der Waals surface area contributed by atoms with E-state index in [0.29, 0.717) is 10.8 Å². The van der Waals surface area contributed by atoms with Crippen molar-refractivity contribution in [1.82, 2.24) is 9.29 Å². The van der Waals surface area contributed by atoms with Crippen molar-refractivity contribution in [2.24, 2.45) is 0 Å². The predicted molar refractivity (Wildman–Crippen MR) is 114 cm³/mol. The number of non-ortho nitro benzene ring substituents is 1. The summed E-state index contributed by atoms with van der Waals surface area (Å²) in [6.07, 6.45) is 3.05. The van der Waals surface area contributed by atoms with Gasteiger partial charge in [0.2, 0.25) is 15.9 Å². The molecule has 0 bridgehead atoms. The van der Waals surface area contributed by atoms with Crippen molar-refractivity contribution in [1.29, 1.82) is 0 Å². The smallest absolute Gasteiger partial charge is 0.271 e. The van der Waals surface area contributed by atoms with Crippen LogP contribution in [0.4, 0.5) is 11.4 Å². The Hall–Kier alpha value is -3.41.